The Bertz CT molecular complexity index is 1290. The van der Waals surface area contributed by atoms with Gasteiger partial charge in [0.05, 0.1) is 27.8 Å². The van der Waals surface area contributed by atoms with E-state index in [1.54, 1.807) is 12.3 Å². The van der Waals surface area contributed by atoms with E-state index in [0.717, 1.165) is 81.1 Å². The van der Waals surface area contributed by atoms with E-state index in [1.807, 2.05) is 18.2 Å². The minimum atomic E-state index is -0.928. The van der Waals surface area contributed by atoms with Gasteiger partial charge in [0.25, 0.3) is 0 Å². The summed E-state index contributed by atoms with van der Waals surface area (Å²) in [5.74, 6) is 0.390. The number of hydrogen-bond donors (Lipinski definition) is 1. The van der Waals surface area contributed by atoms with Crippen LogP contribution in [-0.4, -0.2) is 26.8 Å². The third kappa shape index (κ3) is 4.91. The quantitative estimate of drug-likeness (QED) is 0.297. The number of ether oxygens (including phenoxy) is 1. The van der Waals surface area contributed by atoms with Crippen LogP contribution in [0.3, 0.4) is 0 Å². The van der Waals surface area contributed by atoms with Gasteiger partial charge >= 0.3 is 5.97 Å². The van der Waals surface area contributed by atoms with Crippen molar-refractivity contribution in [2.45, 2.75) is 82.3 Å². The maximum absolute atomic E-state index is 11.3. The normalized spacial score (nSPS) is 24.9. The number of aryl methyl sites for hydroxylation is 1. The van der Waals surface area contributed by atoms with Gasteiger partial charge in [-0.2, -0.15) is 0 Å². The Balaban J connectivity index is 1.14. The summed E-state index contributed by atoms with van der Waals surface area (Å²) < 4.78 is 12.6. The van der Waals surface area contributed by atoms with Crippen molar-refractivity contribution in [2.24, 2.45) is 5.41 Å². The molecule has 6 nitrogen and oxygen atoms in total. The van der Waals surface area contributed by atoms with E-state index in [1.165, 1.54) is 6.20 Å². The number of hydrogen-bond acceptors (Lipinski definition) is 5. The fraction of sp³-hybridized carbons (Fsp3) is 0.483. The Labute approximate surface area is 226 Å². The van der Waals surface area contributed by atoms with Crippen LogP contribution < -0.4 is 0 Å². The van der Waals surface area contributed by atoms with E-state index >= 15 is 0 Å². The number of aromatic nitrogens is 2. The van der Waals surface area contributed by atoms with Crippen molar-refractivity contribution in [3.8, 4) is 11.3 Å². The highest BCUT2D eigenvalue weighted by molar-refractivity contribution is 6.39. The number of carboxylic acids is 1. The number of halogens is 2. The SMILES string of the molecule is O=C(O)c1cncc(CCC23CCC(OCc4c(-c5c(Cl)cccc5Cl)noc4C4CC4)(CC2)CC3)c1. The fourth-order valence-corrected chi connectivity index (χ4v) is 6.82. The van der Waals surface area contributed by atoms with Gasteiger partial charge in [0.15, 0.2) is 0 Å². The monoisotopic (exact) mass is 540 g/mol. The van der Waals surface area contributed by atoms with Gasteiger partial charge in [0.1, 0.15) is 11.5 Å². The molecular weight excluding hydrogens is 511 g/mol. The van der Waals surface area contributed by atoms with Crippen LogP contribution in [0.1, 0.15) is 91.0 Å². The number of carboxylic acid groups (broad SMARTS) is 1. The Morgan fingerprint density at radius 2 is 1.78 bits per heavy atom. The van der Waals surface area contributed by atoms with Crippen LogP contribution in [0, 0.1) is 5.41 Å². The molecule has 0 atom stereocenters. The highest BCUT2D eigenvalue weighted by Gasteiger charge is 2.49. The van der Waals surface area contributed by atoms with Gasteiger partial charge in [-0.05, 0) is 93.4 Å². The first-order chi connectivity index (χ1) is 17.9. The molecule has 4 aliphatic carbocycles. The number of aromatic carboxylic acids is 1. The second-order valence-corrected chi connectivity index (χ2v) is 11.9. The largest absolute Gasteiger partial charge is 0.478 e. The number of nitrogens with zero attached hydrogens (tertiary/aromatic N) is 2. The first kappa shape index (κ1) is 24.9. The molecular formula is C29H30Cl2N2O4. The standard InChI is InChI=1S/C29H30Cl2N2O4/c30-22-2-1-3-23(31)24(22)25-21(26(37-33-25)19-4-5-19)17-36-29-11-8-28(9-12-29,10-13-29)7-6-18-14-20(27(34)35)16-32-15-18/h1-3,14-16,19H,4-13,17H2,(H,34,35). The Hall–Kier alpha value is -2.41. The summed E-state index contributed by atoms with van der Waals surface area (Å²) in [4.78, 5) is 15.4. The zero-order valence-corrected chi connectivity index (χ0v) is 22.2. The van der Waals surface area contributed by atoms with Gasteiger partial charge in [0, 0.05) is 29.4 Å². The molecule has 0 unspecified atom stereocenters. The van der Waals surface area contributed by atoms with E-state index in [2.05, 4.69) is 10.1 Å². The molecule has 0 spiro atoms. The van der Waals surface area contributed by atoms with Crippen molar-refractivity contribution in [3.05, 3.63) is 69.2 Å². The van der Waals surface area contributed by atoms with Crippen molar-refractivity contribution in [3.63, 3.8) is 0 Å². The van der Waals surface area contributed by atoms with Gasteiger partial charge in [-0.1, -0.05) is 34.4 Å². The van der Waals surface area contributed by atoms with Crippen molar-refractivity contribution in [2.75, 3.05) is 0 Å². The lowest BCUT2D eigenvalue weighted by molar-refractivity contribution is -0.145. The first-order valence-corrected chi connectivity index (χ1v) is 13.9. The van der Waals surface area contributed by atoms with Crippen LogP contribution in [-0.2, 0) is 17.8 Å². The number of benzene rings is 1. The number of fused-ring (bicyclic) bond motifs is 3. The Morgan fingerprint density at radius 3 is 2.43 bits per heavy atom. The molecule has 4 fully saturated rings. The molecule has 0 amide bonds. The minimum Gasteiger partial charge on any atom is -0.478 e. The third-order valence-electron chi connectivity index (χ3n) is 8.81. The molecule has 0 radical (unpaired) electrons. The highest BCUT2D eigenvalue weighted by Crippen LogP contribution is 2.56. The van der Waals surface area contributed by atoms with Crippen molar-refractivity contribution < 1.29 is 19.2 Å². The lowest BCUT2D eigenvalue weighted by atomic mass is 9.57. The molecule has 1 aromatic carbocycles. The average Bonchev–Trinajstić information content (AvgIpc) is 3.68. The first-order valence-electron chi connectivity index (χ1n) is 13.1. The summed E-state index contributed by atoms with van der Waals surface area (Å²) in [5.41, 5.74) is 3.84. The van der Waals surface area contributed by atoms with Crippen LogP contribution in [0.25, 0.3) is 11.3 Å². The Kier molecular flexibility index (Phi) is 6.54. The van der Waals surface area contributed by atoms with Crippen molar-refractivity contribution >= 4 is 29.2 Å². The molecule has 1 N–H and O–H groups in total. The Morgan fingerprint density at radius 1 is 1.08 bits per heavy atom. The lowest BCUT2D eigenvalue weighted by Gasteiger charge is -2.53. The van der Waals surface area contributed by atoms with Crippen LogP contribution in [0.2, 0.25) is 10.0 Å². The van der Waals surface area contributed by atoms with Gasteiger partial charge in [-0.3, -0.25) is 4.98 Å². The second-order valence-electron chi connectivity index (χ2n) is 11.1. The minimum absolute atomic E-state index is 0.119. The van der Waals surface area contributed by atoms with Crippen LogP contribution in [0.4, 0.5) is 0 Å². The predicted octanol–water partition coefficient (Wildman–Crippen LogP) is 7.86. The van der Waals surface area contributed by atoms with E-state index in [9.17, 15) is 9.90 Å². The summed E-state index contributed by atoms with van der Waals surface area (Å²) >= 11 is 13.0. The maximum atomic E-state index is 11.3. The maximum Gasteiger partial charge on any atom is 0.337 e. The molecule has 2 bridgehead atoms. The summed E-state index contributed by atoms with van der Waals surface area (Å²) in [6.07, 6.45) is 13.8. The fourth-order valence-electron chi connectivity index (χ4n) is 6.24. The van der Waals surface area contributed by atoms with Gasteiger partial charge < -0.3 is 14.4 Å². The van der Waals surface area contributed by atoms with Crippen molar-refractivity contribution in [1.29, 1.82) is 0 Å². The summed E-state index contributed by atoms with van der Waals surface area (Å²) in [6.45, 7) is 0.451. The zero-order valence-electron chi connectivity index (χ0n) is 20.6. The summed E-state index contributed by atoms with van der Waals surface area (Å²) in [7, 11) is 0. The predicted molar refractivity (Wildman–Crippen MR) is 141 cm³/mol. The zero-order chi connectivity index (χ0) is 25.6. The highest BCUT2D eigenvalue weighted by atomic mass is 35.5. The van der Waals surface area contributed by atoms with Gasteiger partial charge in [-0.25, -0.2) is 4.79 Å². The van der Waals surface area contributed by atoms with Gasteiger partial charge in [-0.15, -0.1) is 0 Å². The van der Waals surface area contributed by atoms with Gasteiger partial charge in [0.2, 0.25) is 0 Å². The average molecular weight is 541 g/mol. The molecule has 37 heavy (non-hydrogen) atoms. The number of rotatable bonds is 9. The number of pyridine rings is 1. The molecule has 4 aliphatic rings. The van der Waals surface area contributed by atoms with Crippen LogP contribution in [0.5, 0.6) is 0 Å². The molecule has 2 aromatic heterocycles. The van der Waals surface area contributed by atoms with Crippen LogP contribution >= 0.6 is 23.2 Å². The molecule has 8 heteroatoms. The van der Waals surface area contributed by atoms with E-state index in [4.69, 9.17) is 32.5 Å². The lowest BCUT2D eigenvalue weighted by Crippen LogP contribution is -2.47. The van der Waals surface area contributed by atoms with E-state index in [0.29, 0.717) is 39.2 Å². The smallest absolute Gasteiger partial charge is 0.337 e. The molecule has 2 heterocycles. The van der Waals surface area contributed by atoms with Crippen LogP contribution in [0.15, 0.2) is 41.2 Å². The molecule has 0 aliphatic heterocycles. The molecule has 3 aromatic rings. The topological polar surface area (TPSA) is 85.5 Å². The van der Waals surface area contributed by atoms with E-state index < -0.39 is 5.97 Å². The van der Waals surface area contributed by atoms with Crippen molar-refractivity contribution in [1.82, 2.24) is 10.1 Å². The molecule has 194 valence electrons. The molecule has 4 saturated carbocycles. The third-order valence-corrected chi connectivity index (χ3v) is 9.44. The summed E-state index contributed by atoms with van der Waals surface area (Å²) in [6, 6.07) is 7.24. The second kappa shape index (κ2) is 9.72. The molecule has 7 rings (SSSR count). The molecule has 0 saturated heterocycles. The summed E-state index contributed by atoms with van der Waals surface area (Å²) in [5, 5.41) is 14.8. The number of carbonyl (C=O) groups is 1. The van der Waals surface area contributed by atoms with E-state index in [-0.39, 0.29) is 11.2 Å².